The van der Waals surface area contributed by atoms with E-state index in [9.17, 15) is 14.4 Å². The number of carbonyl (C=O) groups excluding carboxylic acids is 3. The van der Waals surface area contributed by atoms with E-state index in [-0.39, 0.29) is 24.1 Å². The van der Waals surface area contributed by atoms with Gasteiger partial charge in [-0.2, -0.15) is 0 Å². The van der Waals surface area contributed by atoms with Crippen LogP contribution in [0.2, 0.25) is 0 Å². The third-order valence-corrected chi connectivity index (χ3v) is 3.26. The lowest BCUT2D eigenvalue weighted by molar-refractivity contribution is -0.115. The van der Waals surface area contributed by atoms with Crippen molar-refractivity contribution in [1.82, 2.24) is 5.32 Å². The topological polar surface area (TPSA) is 75.3 Å². The predicted octanol–water partition coefficient (Wildman–Crippen LogP) is 2.57. The van der Waals surface area contributed by atoms with Crippen LogP contribution < -0.4 is 10.6 Å². The van der Waals surface area contributed by atoms with Gasteiger partial charge in [0.05, 0.1) is 6.54 Å². The molecule has 0 aromatic heterocycles. The summed E-state index contributed by atoms with van der Waals surface area (Å²) in [5.41, 5.74) is 2.65. The van der Waals surface area contributed by atoms with Gasteiger partial charge < -0.3 is 10.6 Å². The lowest BCUT2D eigenvalue weighted by Crippen LogP contribution is -2.32. The van der Waals surface area contributed by atoms with Crippen molar-refractivity contribution >= 4 is 23.3 Å². The maximum atomic E-state index is 11.9. The summed E-state index contributed by atoms with van der Waals surface area (Å²) < 4.78 is 0. The van der Waals surface area contributed by atoms with Crippen LogP contribution in [0.1, 0.15) is 33.2 Å². The number of hydrogen-bond acceptors (Lipinski definition) is 3. The number of nitrogens with one attached hydrogen (secondary N) is 2. The van der Waals surface area contributed by atoms with Gasteiger partial charge in [0.1, 0.15) is 0 Å². The number of anilines is 1. The van der Waals surface area contributed by atoms with Crippen LogP contribution in [0, 0.1) is 6.92 Å². The Labute approximate surface area is 134 Å². The molecule has 0 saturated heterocycles. The molecule has 118 valence electrons. The molecule has 0 bridgehead atoms. The third-order valence-electron chi connectivity index (χ3n) is 3.26. The molecular formula is C18H18N2O3. The highest BCUT2D eigenvalue weighted by atomic mass is 16.2. The Hall–Kier alpha value is -2.95. The molecule has 0 fully saturated rings. The molecule has 5 heteroatoms. The Bertz CT molecular complexity index is 736. The van der Waals surface area contributed by atoms with Crippen molar-refractivity contribution in [3.8, 4) is 0 Å². The molecular weight excluding hydrogens is 292 g/mol. The highest BCUT2D eigenvalue weighted by Gasteiger charge is 2.08. The van der Waals surface area contributed by atoms with E-state index in [1.807, 2.05) is 13.0 Å². The Kier molecular flexibility index (Phi) is 5.25. The van der Waals surface area contributed by atoms with Crippen LogP contribution in [0.5, 0.6) is 0 Å². The molecule has 0 heterocycles. The van der Waals surface area contributed by atoms with Gasteiger partial charge in [0, 0.05) is 16.8 Å². The number of hydrogen-bond donors (Lipinski definition) is 2. The molecule has 0 unspecified atom stereocenters. The summed E-state index contributed by atoms with van der Waals surface area (Å²) in [5.74, 6) is -0.661. The van der Waals surface area contributed by atoms with Gasteiger partial charge in [0.15, 0.2) is 5.78 Å². The van der Waals surface area contributed by atoms with E-state index in [0.717, 1.165) is 5.56 Å². The zero-order valence-corrected chi connectivity index (χ0v) is 13.1. The Morgan fingerprint density at radius 1 is 0.957 bits per heavy atom. The van der Waals surface area contributed by atoms with Crippen LogP contribution in [0.3, 0.4) is 0 Å². The van der Waals surface area contributed by atoms with Gasteiger partial charge >= 0.3 is 0 Å². The summed E-state index contributed by atoms with van der Waals surface area (Å²) in [6, 6.07) is 13.7. The van der Waals surface area contributed by atoms with Crippen molar-refractivity contribution < 1.29 is 14.4 Å². The van der Waals surface area contributed by atoms with Crippen molar-refractivity contribution in [2.45, 2.75) is 13.8 Å². The summed E-state index contributed by atoms with van der Waals surface area (Å²) in [7, 11) is 0. The maximum Gasteiger partial charge on any atom is 0.251 e. The fraction of sp³-hybridized carbons (Fsp3) is 0.167. The van der Waals surface area contributed by atoms with Crippen molar-refractivity contribution in [2.24, 2.45) is 0 Å². The Morgan fingerprint density at radius 2 is 1.65 bits per heavy atom. The lowest BCUT2D eigenvalue weighted by Gasteiger charge is -2.08. The first-order valence-electron chi connectivity index (χ1n) is 7.21. The summed E-state index contributed by atoms with van der Waals surface area (Å²) in [6.07, 6.45) is 0. The first-order valence-corrected chi connectivity index (χ1v) is 7.21. The molecule has 0 aliphatic rings. The van der Waals surface area contributed by atoms with Gasteiger partial charge in [-0.25, -0.2) is 0 Å². The molecule has 0 aliphatic heterocycles. The molecule has 2 N–H and O–H groups in total. The number of amides is 2. The lowest BCUT2D eigenvalue weighted by atomic mass is 10.1. The average molecular weight is 310 g/mol. The minimum absolute atomic E-state index is 0.0340. The molecule has 0 atom stereocenters. The molecule has 0 spiro atoms. The fourth-order valence-corrected chi connectivity index (χ4v) is 2.04. The van der Waals surface area contributed by atoms with Gasteiger partial charge in [-0.1, -0.05) is 17.7 Å². The molecule has 2 amide bonds. The third kappa shape index (κ3) is 4.78. The molecule has 0 saturated carbocycles. The molecule has 0 radical (unpaired) electrons. The summed E-state index contributed by atoms with van der Waals surface area (Å²) in [6.45, 7) is 3.25. The second-order valence-electron chi connectivity index (χ2n) is 5.23. The van der Waals surface area contributed by atoms with E-state index in [4.69, 9.17) is 0 Å². The van der Waals surface area contributed by atoms with E-state index in [2.05, 4.69) is 10.6 Å². The zero-order chi connectivity index (χ0) is 16.8. The minimum atomic E-state index is -0.332. The number of carbonyl (C=O) groups is 3. The van der Waals surface area contributed by atoms with Crippen LogP contribution in [0.25, 0.3) is 0 Å². The monoisotopic (exact) mass is 310 g/mol. The van der Waals surface area contributed by atoms with Crippen LogP contribution in [-0.2, 0) is 4.79 Å². The van der Waals surface area contributed by atoms with Crippen LogP contribution in [-0.4, -0.2) is 24.1 Å². The fourth-order valence-electron chi connectivity index (χ4n) is 2.04. The van der Waals surface area contributed by atoms with E-state index < -0.39 is 0 Å². The van der Waals surface area contributed by atoms with Crippen molar-refractivity contribution in [1.29, 1.82) is 0 Å². The second kappa shape index (κ2) is 7.35. The average Bonchev–Trinajstić information content (AvgIpc) is 2.53. The number of ketones is 1. The van der Waals surface area contributed by atoms with Gasteiger partial charge in [-0.15, -0.1) is 0 Å². The zero-order valence-electron chi connectivity index (χ0n) is 13.1. The summed E-state index contributed by atoms with van der Waals surface area (Å²) in [4.78, 5) is 35.0. The molecule has 2 rings (SSSR count). The molecule has 2 aromatic rings. The van der Waals surface area contributed by atoms with E-state index in [1.54, 1.807) is 42.5 Å². The second-order valence-corrected chi connectivity index (χ2v) is 5.23. The molecule has 23 heavy (non-hydrogen) atoms. The van der Waals surface area contributed by atoms with Crippen molar-refractivity contribution in [2.75, 3.05) is 11.9 Å². The largest absolute Gasteiger partial charge is 0.343 e. The summed E-state index contributed by atoms with van der Waals surface area (Å²) in [5, 5.41) is 5.23. The minimum Gasteiger partial charge on any atom is -0.343 e. The predicted molar refractivity (Wildman–Crippen MR) is 88.6 cm³/mol. The quantitative estimate of drug-likeness (QED) is 0.833. The number of benzene rings is 2. The number of rotatable bonds is 5. The van der Waals surface area contributed by atoms with Crippen LogP contribution in [0.15, 0.2) is 48.5 Å². The normalized spacial score (nSPS) is 10.0. The highest BCUT2D eigenvalue weighted by Crippen LogP contribution is 2.10. The van der Waals surface area contributed by atoms with E-state index in [0.29, 0.717) is 16.8 Å². The van der Waals surface area contributed by atoms with Crippen LogP contribution >= 0.6 is 0 Å². The molecule has 5 nitrogen and oxygen atoms in total. The maximum absolute atomic E-state index is 11.9. The van der Waals surface area contributed by atoms with E-state index >= 15 is 0 Å². The van der Waals surface area contributed by atoms with Crippen LogP contribution in [0.4, 0.5) is 5.69 Å². The van der Waals surface area contributed by atoms with Crippen molar-refractivity contribution in [3.05, 3.63) is 65.2 Å². The number of Topliss-reactive ketones (excluding diaryl/α,β-unsaturated/α-hetero) is 1. The first-order chi connectivity index (χ1) is 11.0. The Morgan fingerprint density at radius 3 is 2.26 bits per heavy atom. The van der Waals surface area contributed by atoms with E-state index in [1.165, 1.54) is 6.92 Å². The standard InChI is InChI=1S/C18H18N2O3/c1-12-4-3-5-15(10-12)18(23)19-11-17(22)20-16-8-6-14(7-9-16)13(2)21/h3-10H,11H2,1-2H3,(H,19,23)(H,20,22). The Balaban J connectivity index is 1.87. The molecule has 0 aliphatic carbocycles. The first kappa shape index (κ1) is 16.4. The van der Waals surface area contributed by atoms with Gasteiger partial charge in [-0.05, 0) is 50.2 Å². The number of aryl methyl sites for hydroxylation is 1. The summed E-state index contributed by atoms with van der Waals surface area (Å²) >= 11 is 0. The van der Waals surface area contributed by atoms with Gasteiger partial charge in [0.25, 0.3) is 5.91 Å². The van der Waals surface area contributed by atoms with Gasteiger partial charge in [-0.3, -0.25) is 14.4 Å². The van der Waals surface area contributed by atoms with Crippen molar-refractivity contribution in [3.63, 3.8) is 0 Å². The smallest absolute Gasteiger partial charge is 0.251 e. The highest BCUT2D eigenvalue weighted by molar-refractivity contribution is 6.00. The molecule has 2 aromatic carbocycles. The SMILES string of the molecule is CC(=O)c1ccc(NC(=O)CNC(=O)c2cccc(C)c2)cc1. The van der Waals surface area contributed by atoms with Gasteiger partial charge in [0.2, 0.25) is 5.91 Å².